The topological polar surface area (TPSA) is 30.5 Å². The molecule has 18 heavy (non-hydrogen) atoms. The Kier molecular flexibility index (Phi) is 3.48. The molecule has 0 amide bonds. The Morgan fingerprint density at radius 1 is 1.39 bits per heavy atom. The van der Waals surface area contributed by atoms with Crippen LogP contribution in [0.15, 0.2) is 12.1 Å². The number of hydrogen-bond donors (Lipinski definition) is 1. The van der Waals surface area contributed by atoms with Crippen LogP contribution in [0, 0.1) is 11.7 Å². The summed E-state index contributed by atoms with van der Waals surface area (Å²) in [6.07, 6.45) is 3.14. The fourth-order valence-corrected chi connectivity index (χ4v) is 2.71. The quantitative estimate of drug-likeness (QED) is 0.874. The first-order valence-corrected chi connectivity index (χ1v) is 6.55. The molecule has 1 fully saturated rings. The first kappa shape index (κ1) is 11.9. The number of rotatable bonds is 2. The summed E-state index contributed by atoms with van der Waals surface area (Å²) < 4.78 is 24.5. The summed E-state index contributed by atoms with van der Waals surface area (Å²) in [5.74, 6) is 1.18. The molecule has 2 aliphatic rings. The number of benzene rings is 1. The van der Waals surface area contributed by atoms with Crippen LogP contribution in [0.5, 0.6) is 5.75 Å². The van der Waals surface area contributed by atoms with Crippen molar-refractivity contribution in [3.63, 3.8) is 0 Å². The van der Waals surface area contributed by atoms with Crippen LogP contribution in [-0.4, -0.2) is 19.9 Å². The van der Waals surface area contributed by atoms with E-state index >= 15 is 0 Å². The van der Waals surface area contributed by atoms with Gasteiger partial charge in [-0.3, -0.25) is 0 Å². The van der Waals surface area contributed by atoms with Gasteiger partial charge in [0.25, 0.3) is 0 Å². The van der Waals surface area contributed by atoms with E-state index in [2.05, 4.69) is 5.32 Å². The van der Waals surface area contributed by atoms with Crippen LogP contribution in [0.1, 0.15) is 24.0 Å². The third-order valence-electron chi connectivity index (χ3n) is 3.69. The zero-order chi connectivity index (χ0) is 12.4. The fraction of sp³-hybridized carbons (Fsp3) is 0.571. The molecule has 2 heterocycles. The van der Waals surface area contributed by atoms with E-state index in [0.29, 0.717) is 12.5 Å². The third-order valence-corrected chi connectivity index (χ3v) is 3.69. The molecule has 1 saturated heterocycles. The third kappa shape index (κ3) is 2.49. The number of ether oxygens (including phenoxy) is 2. The monoisotopic (exact) mass is 251 g/mol. The lowest BCUT2D eigenvalue weighted by molar-refractivity contribution is -0.0166. The van der Waals surface area contributed by atoms with Gasteiger partial charge in [0.1, 0.15) is 11.6 Å². The lowest BCUT2D eigenvalue weighted by Gasteiger charge is -2.24. The first-order chi connectivity index (χ1) is 8.83. The van der Waals surface area contributed by atoms with Crippen molar-refractivity contribution in [2.24, 2.45) is 5.92 Å². The molecule has 2 aliphatic heterocycles. The summed E-state index contributed by atoms with van der Waals surface area (Å²) in [4.78, 5) is 0. The van der Waals surface area contributed by atoms with E-state index in [9.17, 15) is 4.39 Å². The second kappa shape index (κ2) is 5.24. The highest BCUT2D eigenvalue weighted by Crippen LogP contribution is 2.29. The molecular formula is C14H18FNO2. The Morgan fingerprint density at radius 3 is 3.17 bits per heavy atom. The number of hydrogen-bond acceptors (Lipinski definition) is 3. The van der Waals surface area contributed by atoms with E-state index in [1.54, 1.807) is 6.07 Å². The van der Waals surface area contributed by atoms with Crippen LogP contribution < -0.4 is 10.1 Å². The van der Waals surface area contributed by atoms with Crippen molar-refractivity contribution in [1.82, 2.24) is 5.32 Å². The van der Waals surface area contributed by atoms with Gasteiger partial charge in [-0.1, -0.05) is 0 Å². The van der Waals surface area contributed by atoms with Crippen LogP contribution >= 0.6 is 0 Å². The van der Waals surface area contributed by atoms with Crippen LogP contribution in [0.3, 0.4) is 0 Å². The molecule has 3 rings (SSSR count). The fourth-order valence-electron chi connectivity index (χ4n) is 2.71. The van der Waals surface area contributed by atoms with Crippen molar-refractivity contribution in [1.29, 1.82) is 0 Å². The van der Waals surface area contributed by atoms with Crippen LogP contribution in [0.4, 0.5) is 4.39 Å². The molecule has 0 aromatic heterocycles. The van der Waals surface area contributed by atoms with Crippen LogP contribution in [-0.2, 0) is 17.8 Å². The molecule has 3 nitrogen and oxygen atoms in total. The second-order valence-electron chi connectivity index (χ2n) is 5.08. The molecule has 98 valence electrons. The molecule has 1 aromatic carbocycles. The highest BCUT2D eigenvalue weighted by Gasteiger charge is 2.19. The van der Waals surface area contributed by atoms with Gasteiger partial charge in [0.15, 0.2) is 6.79 Å². The Balaban J connectivity index is 1.78. The summed E-state index contributed by atoms with van der Waals surface area (Å²) in [7, 11) is 0. The highest BCUT2D eigenvalue weighted by atomic mass is 19.1. The largest absolute Gasteiger partial charge is 0.467 e. The Bertz CT molecular complexity index is 430. The van der Waals surface area contributed by atoms with Crippen molar-refractivity contribution in [2.75, 3.05) is 19.9 Å². The summed E-state index contributed by atoms with van der Waals surface area (Å²) >= 11 is 0. The lowest BCUT2D eigenvalue weighted by Crippen LogP contribution is -2.31. The molecule has 0 spiro atoms. The van der Waals surface area contributed by atoms with Crippen molar-refractivity contribution in [3.8, 4) is 5.75 Å². The van der Waals surface area contributed by atoms with Gasteiger partial charge in [0.2, 0.25) is 0 Å². The van der Waals surface area contributed by atoms with Crippen LogP contribution in [0.2, 0.25) is 0 Å². The van der Waals surface area contributed by atoms with E-state index in [-0.39, 0.29) is 12.6 Å². The summed E-state index contributed by atoms with van der Waals surface area (Å²) in [5.41, 5.74) is 1.58. The normalized spacial score (nSPS) is 23.3. The zero-order valence-electron chi connectivity index (χ0n) is 10.4. The van der Waals surface area contributed by atoms with E-state index in [1.165, 1.54) is 12.8 Å². The summed E-state index contributed by atoms with van der Waals surface area (Å²) in [6, 6.07) is 3.40. The van der Waals surface area contributed by atoms with E-state index in [4.69, 9.17) is 9.47 Å². The Labute approximate surface area is 106 Å². The lowest BCUT2D eigenvalue weighted by atomic mass is 9.91. The molecule has 1 aromatic rings. The molecular weight excluding hydrogens is 233 g/mol. The summed E-state index contributed by atoms with van der Waals surface area (Å²) in [6.45, 7) is 2.78. The maximum Gasteiger partial charge on any atom is 0.189 e. The maximum absolute atomic E-state index is 14.0. The SMILES string of the molecule is Fc1cc2c(cc1CC1CCCNC1)OCOC2. The minimum atomic E-state index is -0.131. The smallest absolute Gasteiger partial charge is 0.189 e. The van der Waals surface area contributed by atoms with Gasteiger partial charge in [-0.05, 0) is 56.0 Å². The Morgan fingerprint density at radius 2 is 2.33 bits per heavy atom. The number of nitrogens with one attached hydrogen (secondary N) is 1. The first-order valence-electron chi connectivity index (χ1n) is 6.55. The maximum atomic E-state index is 14.0. The molecule has 1 atom stereocenters. The predicted molar refractivity (Wildman–Crippen MR) is 66.0 cm³/mol. The van der Waals surface area contributed by atoms with Gasteiger partial charge in [-0.2, -0.15) is 0 Å². The molecule has 1 unspecified atom stereocenters. The van der Waals surface area contributed by atoms with Crippen molar-refractivity contribution < 1.29 is 13.9 Å². The zero-order valence-corrected chi connectivity index (χ0v) is 10.4. The molecule has 0 bridgehead atoms. The predicted octanol–water partition coefficient (Wildman–Crippen LogP) is 2.23. The Hall–Kier alpha value is -1.13. The van der Waals surface area contributed by atoms with Gasteiger partial charge in [-0.15, -0.1) is 0 Å². The van der Waals surface area contributed by atoms with E-state index in [1.807, 2.05) is 6.07 Å². The molecule has 0 aliphatic carbocycles. The second-order valence-corrected chi connectivity index (χ2v) is 5.08. The number of halogens is 1. The minimum Gasteiger partial charge on any atom is -0.467 e. The van der Waals surface area contributed by atoms with Gasteiger partial charge in [0.05, 0.1) is 6.61 Å². The van der Waals surface area contributed by atoms with Gasteiger partial charge in [0, 0.05) is 5.56 Å². The van der Waals surface area contributed by atoms with E-state index < -0.39 is 0 Å². The van der Waals surface area contributed by atoms with Gasteiger partial charge >= 0.3 is 0 Å². The average Bonchev–Trinajstić information content (AvgIpc) is 2.41. The molecule has 0 radical (unpaired) electrons. The minimum absolute atomic E-state index is 0.131. The van der Waals surface area contributed by atoms with Crippen LogP contribution in [0.25, 0.3) is 0 Å². The molecule has 1 N–H and O–H groups in total. The number of fused-ring (bicyclic) bond motifs is 1. The van der Waals surface area contributed by atoms with Crippen molar-refractivity contribution in [3.05, 3.63) is 29.1 Å². The standard InChI is InChI=1S/C14H18FNO2/c15-13-5-12-8-17-9-18-14(12)6-11(13)4-10-2-1-3-16-7-10/h5-6,10,16H,1-4,7-9H2. The molecule has 0 saturated carbocycles. The van der Waals surface area contributed by atoms with Crippen molar-refractivity contribution >= 4 is 0 Å². The average molecular weight is 251 g/mol. The number of piperidine rings is 1. The highest BCUT2D eigenvalue weighted by molar-refractivity contribution is 5.39. The summed E-state index contributed by atoms with van der Waals surface area (Å²) in [5, 5.41) is 3.36. The van der Waals surface area contributed by atoms with Crippen molar-refractivity contribution in [2.45, 2.75) is 25.9 Å². The van der Waals surface area contributed by atoms with Gasteiger partial charge < -0.3 is 14.8 Å². The molecule has 4 heteroatoms. The van der Waals surface area contributed by atoms with Gasteiger partial charge in [-0.25, -0.2) is 4.39 Å². The van der Waals surface area contributed by atoms with E-state index in [0.717, 1.165) is 36.4 Å².